The molecule has 1 aromatic heterocycles. The molecule has 0 saturated carbocycles. The van der Waals surface area contributed by atoms with E-state index in [-0.39, 0.29) is 35.6 Å². The molecule has 1 aliphatic rings. The van der Waals surface area contributed by atoms with Crippen molar-refractivity contribution in [2.75, 3.05) is 7.05 Å². The van der Waals surface area contributed by atoms with Crippen LogP contribution in [0.5, 0.6) is 5.75 Å². The highest BCUT2D eigenvalue weighted by atomic mass is 127. The summed E-state index contributed by atoms with van der Waals surface area (Å²) in [5.74, 6) is 1.75. The van der Waals surface area contributed by atoms with Gasteiger partial charge in [0.1, 0.15) is 11.4 Å². The van der Waals surface area contributed by atoms with Crippen molar-refractivity contribution in [3.8, 4) is 5.75 Å². The zero-order valence-electron chi connectivity index (χ0n) is 15.2. The van der Waals surface area contributed by atoms with E-state index in [1.165, 1.54) is 11.1 Å². The zero-order valence-corrected chi connectivity index (χ0v) is 17.6. The van der Waals surface area contributed by atoms with E-state index in [0.29, 0.717) is 0 Å². The molecule has 1 atom stereocenters. The van der Waals surface area contributed by atoms with Gasteiger partial charge in [-0.1, -0.05) is 18.2 Å². The van der Waals surface area contributed by atoms with Crippen molar-refractivity contribution in [2.45, 2.75) is 38.5 Å². The lowest BCUT2D eigenvalue weighted by atomic mass is 9.90. The Morgan fingerprint density at radius 2 is 2.08 bits per heavy atom. The summed E-state index contributed by atoms with van der Waals surface area (Å²) in [6.45, 7) is 4.99. The Balaban J connectivity index is 0.00000225. The van der Waals surface area contributed by atoms with E-state index in [0.717, 1.165) is 24.7 Å². The summed E-state index contributed by atoms with van der Waals surface area (Å²) in [7, 11) is 3.83. The van der Waals surface area contributed by atoms with E-state index >= 15 is 0 Å². The van der Waals surface area contributed by atoms with Gasteiger partial charge in [0.05, 0.1) is 6.04 Å². The van der Waals surface area contributed by atoms with E-state index in [1.807, 2.05) is 29.9 Å². The van der Waals surface area contributed by atoms with Gasteiger partial charge < -0.3 is 19.9 Å². The summed E-state index contributed by atoms with van der Waals surface area (Å²) in [5, 5.41) is 6.94. The number of nitrogens with one attached hydrogen (secondary N) is 2. The standard InChI is InChI=1S/C19H26N4O.HI/c1-19(2)11-16(15-7-5-6-8-17(15)24-19)22-18(20-3)21-12-14-9-10-23(4)13-14;/h5-10,13,16H,11-12H2,1-4H3,(H2,20,21,22);1H. The third-order valence-corrected chi connectivity index (χ3v) is 4.26. The van der Waals surface area contributed by atoms with Crippen molar-refractivity contribution >= 4 is 29.9 Å². The lowest BCUT2D eigenvalue weighted by Crippen LogP contribution is -2.45. The molecule has 6 heteroatoms. The van der Waals surface area contributed by atoms with Crippen molar-refractivity contribution in [1.82, 2.24) is 15.2 Å². The number of aryl methyl sites for hydroxylation is 1. The van der Waals surface area contributed by atoms with E-state index in [9.17, 15) is 0 Å². The Morgan fingerprint density at radius 3 is 2.76 bits per heavy atom. The number of benzene rings is 1. The first-order valence-electron chi connectivity index (χ1n) is 8.33. The summed E-state index contributed by atoms with van der Waals surface area (Å²) in [6, 6.07) is 10.5. The highest BCUT2D eigenvalue weighted by molar-refractivity contribution is 14.0. The molecule has 2 N–H and O–H groups in total. The Kier molecular flexibility index (Phi) is 6.37. The quantitative estimate of drug-likeness (QED) is 0.423. The minimum atomic E-state index is -0.204. The molecule has 5 nitrogen and oxygen atoms in total. The number of hydrogen-bond acceptors (Lipinski definition) is 2. The second-order valence-electron chi connectivity index (χ2n) is 6.91. The van der Waals surface area contributed by atoms with Crippen LogP contribution in [0, 0.1) is 0 Å². The smallest absolute Gasteiger partial charge is 0.191 e. The van der Waals surface area contributed by atoms with Crippen molar-refractivity contribution in [3.63, 3.8) is 0 Å². The molecule has 25 heavy (non-hydrogen) atoms. The normalized spacial score (nSPS) is 18.6. The monoisotopic (exact) mass is 454 g/mol. The Hall–Kier alpha value is -1.70. The molecule has 136 valence electrons. The third-order valence-electron chi connectivity index (χ3n) is 4.26. The van der Waals surface area contributed by atoms with Crippen molar-refractivity contribution in [2.24, 2.45) is 12.0 Å². The summed E-state index contributed by atoms with van der Waals surface area (Å²) < 4.78 is 8.14. The Morgan fingerprint density at radius 1 is 1.32 bits per heavy atom. The van der Waals surface area contributed by atoms with E-state index < -0.39 is 0 Å². The van der Waals surface area contributed by atoms with E-state index in [2.05, 4.69) is 53.9 Å². The van der Waals surface area contributed by atoms with Gasteiger partial charge in [-0.2, -0.15) is 0 Å². The minimum Gasteiger partial charge on any atom is -0.487 e. The first kappa shape index (κ1) is 19.6. The van der Waals surface area contributed by atoms with Gasteiger partial charge in [0.15, 0.2) is 5.96 Å². The summed E-state index contributed by atoms with van der Waals surface area (Å²) in [4.78, 5) is 4.37. The van der Waals surface area contributed by atoms with Crippen molar-refractivity contribution in [3.05, 3.63) is 53.9 Å². The van der Waals surface area contributed by atoms with Gasteiger partial charge in [0, 0.05) is 45.0 Å². The van der Waals surface area contributed by atoms with Gasteiger partial charge in [-0.05, 0) is 31.5 Å². The molecule has 3 rings (SSSR count). The molecular formula is C19H27IN4O. The fourth-order valence-corrected chi connectivity index (χ4v) is 3.14. The molecule has 0 spiro atoms. The second kappa shape index (κ2) is 8.12. The van der Waals surface area contributed by atoms with Gasteiger partial charge in [0.25, 0.3) is 0 Å². The first-order chi connectivity index (χ1) is 11.5. The number of hydrogen-bond donors (Lipinski definition) is 2. The largest absolute Gasteiger partial charge is 0.487 e. The van der Waals surface area contributed by atoms with Crippen LogP contribution in [0.4, 0.5) is 0 Å². The molecule has 1 aromatic carbocycles. The molecule has 2 aromatic rings. The van der Waals surface area contributed by atoms with Crippen LogP contribution in [0.15, 0.2) is 47.7 Å². The van der Waals surface area contributed by atoms with Gasteiger partial charge in [-0.3, -0.25) is 4.99 Å². The van der Waals surface area contributed by atoms with Gasteiger partial charge in [-0.15, -0.1) is 24.0 Å². The first-order valence-corrected chi connectivity index (χ1v) is 8.33. The maximum absolute atomic E-state index is 6.09. The SMILES string of the molecule is CN=C(NCc1ccn(C)c1)NC1CC(C)(C)Oc2ccccc21.I. The van der Waals surface area contributed by atoms with Crippen molar-refractivity contribution in [1.29, 1.82) is 0 Å². The number of rotatable bonds is 3. The molecule has 2 heterocycles. The average Bonchev–Trinajstić information content (AvgIpc) is 2.95. The maximum Gasteiger partial charge on any atom is 0.191 e. The molecule has 0 fully saturated rings. The number of aliphatic imine (C=N–C) groups is 1. The lowest BCUT2D eigenvalue weighted by molar-refractivity contribution is 0.0694. The predicted octanol–water partition coefficient (Wildman–Crippen LogP) is 3.61. The second-order valence-corrected chi connectivity index (χ2v) is 6.91. The highest BCUT2D eigenvalue weighted by Gasteiger charge is 2.33. The number of para-hydroxylation sites is 1. The summed E-state index contributed by atoms with van der Waals surface area (Å²) in [6.07, 6.45) is 5.04. The molecule has 1 unspecified atom stereocenters. The van der Waals surface area contributed by atoms with Crippen LogP contribution in [-0.2, 0) is 13.6 Å². The molecule has 0 aliphatic carbocycles. The fraction of sp³-hybridized carbons (Fsp3) is 0.421. The van der Waals surface area contributed by atoms with Crippen LogP contribution in [0.25, 0.3) is 0 Å². The molecule has 1 aliphatic heterocycles. The topological polar surface area (TPSA) is 50.6 Å². The number of aromatic nitrogens is 1. The van der Waals surface area contributed by atoms with Crippen LogP contribution in [0.1, 0.15) is 37.4 Å². The van der Waals surface area contributed by atoms with Crippen LogP contribution in [0.3, 0.4) is 0 Å². The van der Waals surface area contributed by atoms with Crippen LogP contribution < -0.4 is 15.4 Å². The Bertz CT molecular complexity index is 739. The zero-order chi connectivity index (χ0) is 17.2. The summed E-state index contributed by atoms with van der Waals surface area (Å²) in [5.41, 5.74) is 2.21. The lowest BCUT2D eigenvalue weighted by Gasteiger charge is -2.38. The van der Waals surface area contributed by atoms with Crippen LogP contribution >= 0.6 is 24.0 Å². The van der Waals surface area contributed by atoms with E-state index in [4.69, 9.17) is 4.74 Å². The summed E-state index contributed by atoms with van der Waals surface area (Å²) >= 11 is 0. The van der Waals surface area contributed by atoms with E-state index in [1.54, 1.807) is 7.05 Å². The molecule has 0 bridgehead atoms. The Labute approximate surface area is 166 Å². The molecule has 0 saturated heterocycles. The number of fused-ring (bicyclic) bond motifs is 1. The fourth-order valence-electron chi connectivity index (χ4n) is 3.14. The molecule has 0 amide bonds. The average molecular weight is 454 g/mol. The number of halogens is 1. The van der Waals surface area contributed by atoms with Crippen molar-refractivity contribution < 1.29 is 4.74 Å². The molecule has 0 radical (unpaired) electrons. The predicted molar refractivity (Wildman–Crippen MR) is 113 cm³/mol. The molecular weight excluding hydrogens is 427 g/mol. The number of ether oxygens (including phenoxy) is 1. The third kappa shape index (κ3) is 4.90. The van der Waals surface area contributed by atoms with Gasteiger partial charge in [-0.25, -0.2) is 0 Å². The highest BCUT2D eigenvalue weighted by Crippen LogP contribution is 2.39. The van der Waals surface area contributed by atoms with Gasteiger partial charge in [0.2, 0.25) is 0 Å². The maximum atomic E-state index is 6.09. The minimum absolute atomic E-state index is 0. The van der Waals surface area contributed by atoms with Crippen LogP contribution in [-0.4, -0.2) is 23.2 Å². The number of guanidine groups is 1. The number of nitrogens with zero attached hydrogens (tertiary/aromatic N) is 2. The van der Waals surface area contributed by atoms with Crippen LogP contribution in [0.2, 0.25) is 0 Å². The van der Waals surface area contributed by atoms with Gasteiger partial charge >= 0.3 is 0 Å².